The minimum Gasteiger partial charge on any atom is -0.311 e. The zero-order chi connectivity index (χ0) is 13.8. The minimum atomic E-state index is 0.725. The first-order chi connectivity index (χ1) is 9.04. The number of nitrogens with one attached hydrogen (secondary N) is 1. The fourth-order valence-corrected chi connectivity index (χ4v) is 3.46. The monoisotopic (exact) mass is 266 g/mol. The van der Waals surface area contributed by atoms with Crippen molar-refractivity contribution >= 4 is 0 Å². The van der Waals surface area contributed by atoms with Crippen molar-refractivity contribution in [3.8, 4) is 0 Å². The Bertz CT molecular complexity index is 258. The molecule has 0 aromatic rings. The molecular weight excluding hydrogens is 232 g/mol. The van der Waals surface area contributed by atoms with Crippen LogP contribution in [0.1, 0.15) is 59.8 Å². The van der Waals surface area contributed by atoms with Gasteiger partial charge in [0.25, 0.3) is 0 Å². The Morgan fingerprint density at radius 1 is 1.05 bits per heavy atom. The lowest BCUT2D eigenvalue weighted by Gasteiger charge is -2.42. The highest BCUT2D eigenvalue weighted by molar-refractivity contribution is 4.88. The molecule has 1 saturated heterocycles. The van der Waals surface area contributed by atoms with E-state index in [9.17, 15) is 0 Å². The second kappa shape index (κ2) is 7.08. The summed E-state index contributed by atoms with van der Waals surface area (Å²) in [6, 6.07) is 1.50. The average molecular weight is 266 g/mol. The Balaban J connectivity index is 1.83. The van der Waals surface area contributed by atoms with Crippen molar-refractivity contribution in [1.82, 2.24) is 10.2 Å². The van der Waals surface area contributed by atoms with Gasteiger partial charge in [-0.3, -0.25) is 4.90 Å². The molecule has 0 aromatic heterocycles. The average Bonchev–Trinajstić information content (AvgIpc) is 3.11. The standard InChI is InChI=1S/C17H34N2/c1-13(2)9-16-12-19(8-7-15-5-6-15)17(11-18-16)10-14(3)4/h13-18H,5-12H2,1-4H3. The van der Waals surface area contributed by atoms with Gasteiger partial charge >= 0.3 is 0 Å². The van der Waals surface area contributed by atoms with Crippen LogP contribution >= 0.6 is 0 Å². The normalized spacial score (nSPS) is 29.4. The van der Waals surface area contributed by atoms with Gasteiger partial charge in [0, 0.05) is 25.2 Å². The summed E-state index contributed by atoms with van der Waals surface area (Å²) in [6.07, 6.45) is 7.12. The van der Waals surface area contributed by atoms with Crippen LogP contribution in [0.15, 0.2) is 0 Å². The molecule has 1 aliphatic carbocycles. The predicted octanol–water partition coefficient (Wildman–Crippen LogP) is 3.52. The van der Waals surface area contributed by atoms with E-state index < -0.39 is 0 Å². The molecule has 2 heteroatoms. The van der Waals surface area contributed by atoms with Crippen molar-refractivity contribution in [1.29, 1.82) is 0 Å². The molecule has 19 heavy (non-hydrogen) atoms. The van der Waals surface area contributed by atoms with Crippen LogP contribution in [0.25, 0.3) is 0 Å². The Hall–Kier alpha value is -0.0800. The topological polar surface area (TPSA) is 15.3 Å². The van der Waals surface area contributed by atoms with Crippen LogP contribution in [0, 0.1) is 17.8 Å². The molecule has 0 amide bonds. The van der Waals surface area contributed by atoms with Gasteiger partial charge in [0.15, 0.2) is 0 Å². The highest BCUT2D eigenvalue weighted by Crippen LogP contribution is 2.33. The molecule has 0 radical (unpaired) electrons. The lowest BCUT2D eigenvalue weighted by atomic mass is 9.95. The number of piperazine rings is 1. The maximum absolute atomic E-state index is 3.80. The molecule has 112 valence electrons. The largest absolute Gasteiger partial charge is 0.311 e. The third kappa shape index (κ3) is 5.43. The third-order valence-corrected chi connectivity index (χ3v) is 4.63. The Morgan fingerprint density at radius 3 is 2.32 bits per heavy atom. The third-order valence-electron chi connectivity index (χ3n) is 4.63. The summed E-state index contributed by atoms with van der Waals surface area (Å²) in [4.78, 5) is 2.81. The van der Waals surface area contributed by atoms with Crippen LogP contribution < -0.4 is 5.32 Å². The van der Waals surface area contributed by atoms with E-state index in [1.165, 1.54) is 51.7 Å². The van der Waals surface area contributed by atoms with Crippen LogP contribution in [-0.4, -0.2) is 36.6 Å². The van der Waals surface area contributed by atoms with Gasteiger partial charge in [0.05, 0.1) is 0 Å². The second-order valence-corrected chi connectivity index (χ2v) is 7.75. The molecule has 0 aromatic carbocycles. The van der Waals surface area contributed by atoms with Crippen molar-refractivity contribution in [2.75, 3.05) is 19.6 Å². The zero-order valence-electron chi connectivity index (χ0n) is 13.5. The van der Waals surface area contributed by atoms with Gasteiger partial charge in [-0.1, -0.05) is 40.5 Å². The molecule has 2 fully saturated rings. The first kappa shape index (κ1) is 15.3. The maximum Gasteiger partial charge on any atom is 0.0223 e. The zero-order valence-corrected chi connectivity index (χ0v) is 13.5. The number of hydrogen-bond acceptors (Lipinski definition) is 2. The van der Waals surface area contributed by atoms with E-state index in [0.717, 1.165) is 29.8 Å². The summed E-state index contributed by atoms with van der Waals surface area (Å²) in [5, 5.41) is 3.80. The lowest BCUT2D eigenvalue weighted by molar-refractivity contribution is 0.104. The SMILES string of the molecule is CC(C)CC1CN(CCC2CC2)C(CC(C)C)CN1. The maximum atomic E-state index is 3.80. The quantitative estimate of drug-likeness (QED) is 0.758. The molecule has 0 bridgehead atoms. The second-order valence-electron chi connectivity index (χ2n) is 7.75. The van der Waals surface area contributed by atoms with Gasteiger partial charge in [0.2, 0.25) is 0 Å². The van der Waals surface area contributed by atoms with E-state index in [4.69, 9.17) is 0 Å². The molecule has 1 aliphatic heterocycles. The fourth-order valence-electron chi connectivity index (χ4n) is 3.46. The van der Waals surface area contributed by atoms with E-state index in [0.29, 0.717) is 0 Å². The van der Waals surface area contributed by atoms with Gasteiger partial charge in [0.1, 0.15) is 0 Å². The predicted molar refractivity (Wildman–Crippen MR) is 83.4 cm³/mol. The van der Waals surface area contributed by atoms with Crippen molar-refractivity contribution in [2.45, 2.75) is 71.9 Å². The molecule has 2 unspecified atom stereocenters. The van der Waals surface area contributed by atoms with Crippen molar-refractivity contribution in [3.05, 3.63) is 0 Å². The van der Waals surface area contributed by atoms with Crippen LogP contribution in [0.2, 0.25) is 0 Å². The highest BCUT2D eigenvalue weighted by atomic mass is 15.2. The molecule has 2 rings (SSSR count). The summed E-state index contributed by atoms with van der Waals surface area (Å²) in [7, 11) is 0. The van der Waals surface area contributed by atoms with Gasteiger partial charge < -0.3 is 5.32 Å². The Kier molecular flexibility index (Phi) is 5.70. The van der Waals surface area contributed by atoms with Gasteiger partial charge in [-0.15, -0.1) is 0 Å². The Labute approximate surface area is 120 Å². The highest BCUT2D eigenvalue weighted by Gasteiger charge is 2.30. The smallest absolute Gasteiger partial charge is 0.0223 e. The van der Waals surface area contributed by atoms with E-state index in [-0.39, 0.29) is 0 Å². The summed E-state index contributed by atoms with van der Waals surface area (Å²) in [6.45, 7) is 13.2. The minimum absolute atomic E-state index is 0.725. The van der Waals surface area contributed by atoms with Crippen molar-refractivity contribution < 1.29 is 0 Å². The van der Waals surface area contributed by atoms with Crippen molar-refractivity contribution in [2.24, 2.45) is 17.8 Å². The van der Waals surface area contributed by atoms with Gasteiger partial charge in [-0.2, -0.15) is 0 Å². The number of hydrogen-bond donors (Lipinski definition) is 1. The molecule has 1 heterocycles. The van der Waals surface area contributed by atoms with Gasteiger partial charge in [-0.25, -0.2) is 0 Å². The van der Waals surface area contributed by atoms with E-state index in [1.807, 2.05) is 0 Å². The van der Waals surface area contributed by atoms with E-state index >= 15 is 0 Å². The lowest BCUT2D eigenvalue weighted by Crippen LogP contribution is -2.57. The summed E-state index contributed by atoms with van der Waals surface area (Å²) in [5.41, 5.74) is 0. The fraction of sp³-hybridized carbons (Fsp3) is 1.00. The van der Waals surface area contributed by atoms with Crippen molar-refractivity contribution in [3.63, 3.8) is 0 Å². The van der Waals surface area contributed by atoms with Crippen LogP contribution in [0.5, 0.6) is 0 Å². The Morgan fingerprint density at radius 2 is 1.74 bits per heavy atom. The molecule has 2 atom stereocenters. The molecule has 2 nitrogen and oxygen atoms in total. The first-order valence-electron chi connectivity index (χ1n) is 8.52. The van der Waals surface area contributed by atoms with Crippen LogP contribution in [0.4, 0.5) is 0 Å². The van der Waals surface area contributed by atoms with Crippen LogP contribution in [-0.2, 0) is 0 Å². The molecule has 0 spiro atoms. The molecule has 2 aliphatic rings. The summed E-state index contributed by atoms with van der Waals surface area (Å²) in [5.74, 6) is 2.69. The number of rotatable bonds is 7. The molecule has 1 N–H and O–H groups in total. The van der Waals surface area contributed by atoms with E-state index in [1.54, 1.807) is 0 Å². The number of nitrogens with zero attached hydrogens (tertiary/aromatic N) is 1. The molecular formula is C17H34N2. The molecule has 1 saturated carbocycles. The van der Waals surface area contributed by atoms with E-state index in [2.05, 4.69) is 37.9 Å². The van der Waals surface area contributed by atoms with Crippen LogP contribution in [0.3, 0.4) is 0 Å². The summed E-state index contributed by atoms with van der Waals surface area (Å²) < 4.78 is 0. The summed E-state index contributed by atoms with van der Waals surface area (Å²) >= 11 is 0. The first-order valence-corrected chi connectivity index (χ1v) is 8.52. The van der Waals surface area contributed by atoms with Gasteiger partial charge in [-0.05, 0) is 43.6 Å².